The number of hydrogen-bond donors (Lipinski definition) is 0. The Bertz CT molecular complexity index is 293. The van der Waals surface area contributed by atoms with Gasteiger partial charge in [0, 0.05) is 16.3 Å². The van der Waals surface area contributed by atoms with Crippen LogP contribution in [0.15, 0.2) is 0 Å². The quantitative estimate of drug-likeness (QED) is 0.609. The second-order valence-corrected chi connectivity index (χ2v) is 9.89. The second kappa shape index (κ2) is 3.14. The molecule has 1 heterocycles. The average molecular weight is 307 g/mol. The Kier molecular flexibility index (Phi) is 2.36. The molecule has 0 aromatic heterocycles. The molecule has 3 rings (SSSR count). The van der Waals surface area contributed by atoms with Crippen molar-refractivity contribution in [2.75, 3.05) is 11.5 Å². The Balaban J connectivity index is 2.12. The van der Waals surface area contributed by atoms with E-state index in [1.165, 1.54) is 24.3 Å². The van der Waals surface area contributed by atoms with E-state index < -0.39 is 0 Å². The van der Waals surface area contributed by atoms with Crippen molar-refractivity contribution in [1.29, 1.82) is 0 Å². The van der Waals surface area contributed by atoms with Crippen LogP contribution in [0.1, 0.15) is 33.6 Å². The molecule has 1 saturated heterocycles. The van der Waals surface area contributed by atoms with Crippen LogP contribution < -0.4 is 0 Å². The predicted molar refractivity (Wildman–Crippen MR) is 75.0 cm³/mol. The molecule has 2 aliphatic carbocycles. The van der Waals surface area contributed by atoms with Crippen molar-refractivity contribution >= 4 is 39.5 Å². The number of hydrogen-bond acceptors (Lipinski definition) is 2. The number of halogens is 1. The van der Waals surface area contributed by atoms with Gasteiger partial charge in [0.25, 0.3) is 0 Å². The summed E-state index contributed by atoms with van der Waals surface area (Å²) in [6.07, 6.45) is 2.87. The van der Waals surface area contributed by atoms with Crippen LogP contribution in [0.4, 0.5) is 0 Å². The summed E-state index contributed by atoms with van der Waals surface area (Å²) in [5.74, 6) is 3.59. The van der Waals surface area contributed by atoms with E-state index in [-0.39, 0.29) is 0 Å². The second-order valence-electron chi connectivity index (χ2n) is 5.97. The van der Waals surface area contributed by atoms with Gasteiger partial charge in [0.2, 0.25) is 0 Å². The number of fused-ring (bicyclic) bond motifs is 3. The number of rotatable bonds is 0. The van der Waals surface area contributed by atoms with Crippen molar-refractivity contribution in [3.8, 4) is 0 Å². The molecule has 0 radical (unpaired) electrons. The van der Waals surface area contributed by atoms with E-state index in [4.69, 9.17) is 0 Å². The first-order valence-electron chi connectivity index (χ1n) is 5.88. The summed E-state index contributed by atoms with van der Waals surface area (Å²) in [6.45, 7) is 7.57. The van der Waals surface area contributed by atoms with Gasteiger partial charge in [0.15, 0.2) is 0 Å². The minimum Gasteiger partial charge on any atom is -0.142 e. The molecule has 3 fully saturated rings. The Labute approximate surface area is 110 Å². The molecule has 0 aromatic rings. The molecule has 1 spiro atoms. The molecular formula is C12H19BrS2. The maximum atomic E-state index is 4.05. The van der Waals surface area contributed by atoms with Crippen molar-refractivity contribution in [3.05, 3.63) is 0 Å². The molecule has 0 unspecified atom stereocenters. The van der Waals surface area contributed by atoms with Gasteiger partial charge in [-0.1, -0.05) is 36.7 Å². The van der Waals surface area contributed by atoms with Gasteiger partial charge in [-0.25, -0.2) is 0 Å². The fraction of sp³-hybridized carbons (Fsp3) is 1.00. The third-order valence-electron chi connectivity index (χ3n) is 5.51. The van der Waals surface area contributed by atoms with Crippen LogP contribution in [0.25, 0.3) is 0 Å². The molecule has 3 aliphatic rings. The summed E-state index contributed by atoms with van der Waals surface area (Å²) in [4.78, 5) is 0.733. The van der Waals surface area contributed by atoms with Crippen molar-refractivity contribution in [1.82, 2.24) is 0 Å². The third-order valence-corrected chi connectivity index (χ3v) is 11.5. The lowest BCUT2D eigenvalue weighted by molar-refractivity contribution is 0.149. The summed E-state index contributed by atoms with van der Waals surface area (Å²) < 4.78 is 0.486. The lowest BCUT2D eigenvalue weighted by Gasteiger charge is -2.46. The van der Waals surface area contributed by atoms with E-state index in [1.54, 1.807) is 0 Å². The average Bonchev–Trinajstić information content (AvgIpc) is 2.74. The molecular weight excluding hydrogens is 288 g/mol. The molecule has 3 heteroatoms. The highest BCUT2D eigenvalue weighted by atomic mass is 79.9. The fourth-order valence-electron chi connectivity index (χ4n) is 4.15. The molecule has 0 N–H and O–H groups in total. The van der Waals surface area contributed by atoms with E-state index in [9.17, 15) is 0 Å². The first kappa shape index (κ1) is 11.3. The van der Waals surface area contributed by atoms with Gasteiger partial charge < -0.3 is 0 Å². The fourth-order valence-corrected chi connectivity index (χ4v) is 10.5. The Hall–Kier alpha value is 1.18. The topological polar surface area (TPSA) is 0 Å². The van der Waals surface area contributed by atoms with E-state index in [1.807, 2.05) is 0 Å². The Morgan fingerprint density at radius 1 is 1.13 bits per heavy atom. The van der Waals surface area contributed by atoms with Crippen molar-refractivity contribution in [2.45, 2.75) is 42.5 Å². The molecule has 0 amide bonds. The zero-order chi connectivity index (χ0) is 10.9. The molecule has 3 atom stereocenters. The molecule has 15 heavy (non-hydrogen) atoms. The highest BCUT2D eigenvalue weighted by molar-refractivity contribution is 9.09. The van der Waals surface area contributed by atoms with Crippen LogP contribution in [-0.2, 0) is 0 Å². The molecule has 2 bridgehead atoms. The van der Waals surface area contributed by atoms with Crippen LogP contribution in [0.3, 0.4) is 0 Å². The molecule has 0 aromatic carbocycles. The normalized spacial score (nSPS) is 50.4. The van der Waals surface area contributed by atoms with Gasteiger partial charge in [-0.15, -0.1) is 23.5 Å². The minimum absolute atomic E-state index is 0.486. The zero-order valence-electron chi connectivity index (χ0n) is 9.68. The lowest BCUT2D eigenvalue weighted by Crippen LogP contribution is -2.44. The van der Waals surface area contributed by atoms with Crippen LogP contribution in [0, 0.1) is 16.7 Å². The van der Waals surface area contributed by atoms with Crippen LogP contribution in [0.2, 0.25) is 0 Å². The first-order chi connectivity index (χ1) is 6.96. The van der Waals surface area contributed by atoms with Gasteiger partial charge >= 0.3 is 0 Å². The molecule has 2 saturated carbocycles. The third kappa shape index (κ3) is 1.05. The minimum atomic E-state index is 0.486. The van der Waals surface area contributed by atoms with E-state index >= 15 is 0 Å². The van der Waals surface area contributed by atoms with Gasteiger partial charge in [0.1, 0.15) is 0 Å². The summed E-state index contributed by atoms with van der Waals surface area (Å²) in [5.41, 5.74) is 1.05. The highest BCUT2D eigenvalue weighted by Crippen LogP contribution is 2.79. The predicted octanol–water partition coefficient (Wildman–Crippen LogP) is 4.38. The van der Waals surface area contributed by atoms with E-state index in [0.717, 1.165) is 10.7 Å². The lowest BCUT2D eigenvalue weighted by atomic mass is 9.70. The summed E-state index contributed by atoms with van der Waals surface area (Å²) in [5, 5.41) is 0. The van der Waals surface area contributed by atoms with Gasteiger partial charge in [-0.3, -0.25) is 0 Å². The summed E-state index contributed by atoms with van der Waals surface area (Å²) in [6, 6.07) is 0. The maximum absolute atomic E-state index is 4.05. The van der Waals surface area contributed by atoms with E-state index in [0.29, 0.717) is 14.9 Å². The zero-order valence-corrected chi connectivity index (χ0v) is 12.9. The van der Waals surface area contributed by atoms with Gasteiger partial charge in [-0.2, -0.15) is 0 Å². The SMILES string of the molecule is CC1(C)[C@@H]2CC[C@@]1(C)C1(SCCS1)[C@H]2Br. The molecule has 86 valence electrons. The monoisotopic (exact) mass is 306 g/mol. The smallest absolute Gasteiger partial charge is 0.0797 e. The largest absolute Gasteiger partial charge is 0.142 e. The van der Waals surface area contributed by atoms with Gasteiger partial charge in [-0.05, 0) is 29.6 Å². The first-order valence-corrected chi connectivity index (χ1v) is 8.76. The number of thioether (sulfide) groups is 2. The van der Waals surface area contributed by atoms with Gasteiger partial charge in [0.05, 0.1) is 4.08 Å². The number of alkyl halides is 1. The Morgan fingerprint density at radius 3 is 2.20 bits per heavy atom. The van der Waals surface area contributed by atoms with Crippen LogP contribution in [0.5, 0.6) is 0 Å². The van der Waals surface area contributed by atoms with Crippen molar-refractivity contribution in [2.24, 2.45) is 16.7 Å². The van der Waals surface area contributed by atoms with Crippen molar-refractivity contribution < 1.29 is 0 Å². The highest BCUT2D eigenvalue weighted by Gasteiger charge is 2.74. The standard InChI is InChI=1S/C12H19BrS2/c1-10(2)8-4-5-11(10,3)12(9(8)13)14-6-7-15-12/h8-9H,4-7H2,1-3H3/t8-,9+,11-/m1/s1. The van der Waals surface area contributed by atoms with E-state index in [2.05, 4.69) is 60.2 Å². The van der Waals surface area contributed by atoms with Crippen LogP contribution in [-0.4, -0.2) is 20.4 Å². The maximum Gasteiger partial charge on any atom is 0.0797 e. The van der Waals surface area contributed by atoms with Crippen LogP contribution >= 0.6 is 39.5 Å². The Morgan fingerprint density at radius 2 is 1.73 bits per heavy atom. The summed E-state index contributed by atoms with van der Waals surface area (Å²) >= 11 is 8.53. The summed E-state index contributed by atoms with van der Waals surface area (Å²) in [7, 11) is 0. The molecule has 1 aliphatic heterocycles. The molecule has 0 nitrogen and oxygen atoms in total. The van der Waals surface area contributed by atoms with Crippen molar-refractivity contribution in [3.63, 3.8) is 0 Å².